The summed E-state index contributed by atoms with van der Waals surface area (Å²) >= 11 is 6.15. The highest BCUT2D eigenvalue weighted by Gasteiger charge is 2.29. The molecule has 1 unspecified atom stereocenters. The predicted octanol–water partition coefficient (Wildman–Crippen LogP) is 3.57. The zero-order chi connectivity index (χ0) is 18.4. The van der Waals surface area contributed by atoms with Crippen molar-refractivity contribution in [2.75, 3.05) is 25.5 Å². The van der Waals surface area contributed by atoms with Gasteiger partial charge >= 0.3 is 0 Å². The second kappa shape index (κ2) is 8.52. The van der Waals surface area contributed by atoms with Gasteiger partial charge in [0.05, 0.1) is 29.9 Å². The molecule has 0 aromatic carbocycles. The third-order valence-corrected chi connectivity index (χ3v) is 4.04. The summed E-state index contributed by atoms with van der Waals surface area (Å²) in [5.41, 5.74) is 8.13. The van der Waals surface area contributed by atoms with Gasteiger partial charge in [0, 0.05) is 24.0 Å². The van der Waals surface area contributed by atoms with E-state index in [1.165, 1.54) is 0 Å². The van der Waals surface area contributed by atoms with E-state index in [2.05, 4.69) is 16.9 Å². The monoisotopic (exact) mass is 363 g/mol. The number of nitrogens with two attached hydrogens (primary N) is 1. The van der Waals surface area contributed by atoms with Crippen LogP contribution in [0.3, 0.4) is 0 Å². The van der Waals surface area contributed by atoms with E-state index in [9.17, 15) is 0 Å². The van der Waals surface area contributed by atoms with Crippen molar-refractivity contribution in [2.45, 2.75) is 32.5 Å². The first-order chi connectivity index (χ1) is 11.8. The Labute approximate surface area is 154 Å². The highest BCUT2D eigenvalue weighted by Crippen LogP contribution is 2.24. The van der Waals surface area contributed by atoms with Crippen molar-refractivity contribution in [3.63, 3.8) is 0 Å². The van der Waals surface area contributed by atoms with Crippen molar-refractivity contribution < 1.29 is 9.47 Å². The minimum absolute atomic E-state index is 0.0183. The molecule has 1 aliphatic rings. The van der Waals surface area contributed by atoms with Crippen molar-refractivity contribution >= 4 is 23.0 Å². The topological polar surface area (TPSA) is 69.4 Å². The molecule has 1 aromatic heterocycles. The number of halogens is 1. The van der Waals surface area contributed by atoms with Crippen LogP contribution in [0, 0.1) is 0 Å². The quantitative estimate of drug-likeness (QED) is 0.756. The molecule has 0 spiro atoms. The number of hydrogen-bond donors (Lipinski definition) is 2. The molecule has 5 nitrogen and oxygen atoms in total. The molecule has 136 valence electrons. The van der Waals surface area contributed by atoms with Crippen LogP contribution in [0.4, 0.5) is 5.82 Å². The molecule has 25 heavy (non-hydrogen) atoms. The molecule has 1 fully saturated rings. The molecule has 0 radical (unpaired) electrons. The van der Waals surface area contributed by atoms with Crippen molar-refractivity contribution in [1.82, 2.24) is 10.3 Å². The van der Waals surface area contributed by atoms with Gasteiger partial charge in [0.1, 0.15) is 5.82 Å². The molecule has 1 aromatic rings. The summed E-state index contributed by atoms with van der Waals surface area (Å²) in [5, 5.41) is 3.83. The maximum absolute atomic E-state index is 6.15. The fourth-order valence-corrected chi connectivity index (χ4v) is 2.77. The number of nitrogens with one attached hydrogen (secondary N) is 1. The smallest absolute Gasteiger partial charge is 0.123 e. The van der Waals surface area contributed by atoms with Gasteiger partial charge in [-0.2, -0.15) is 0 Å². The van der Waals surface area contributed by atoms with Gasteiger partial charge in [-0.3, -0.25) is 0 Å². The van der Waals surface area contributed by atoms with Crippen LogP contribution in [0.1, 0.15) is 26.3 Å². The molecule has 0 amide bonds. The molecule has 6 heteroatoms. The van der Waals surface area contributed by atoms with Gasteiger partial charge in [-0.15, -0.1) is 0 Å². The van der Waals surface area contributed by atoms with E-state index in [4.69, 9.17) is 26.8 Å². The largest absolute Gasteiger partial charge is 0.384 e. The molecule has 1 saturated heterocycles. The molecular formula is C19H26ClN3O2. The Kier molecular flexibility index (Phi) is 6.64. The van der Waals surface area contributed by atoms with E-state index in [0.717, 1.165) is 16.8 Å². The number of nitrogen functional groups attached to an aromatic ring is 1. The Morgan fingerprint density at radius 1 is 1.56 bits per heavy atom. The molecule has 0 bridgehead atoms. The van der Waals surface area contributed by atoms with E-state index in [0.29, 0.717) is 30.6 Å². The molecule has 1 aliphatic heterocycles. The summed E-state index contributed by atoms with van der Waals surface area (Å²) in [4.78, 5) is 3.96. The molecule has 2 heterocycles. The second-order valence-electron chi connectivity index (χ2n) is 6.72. The van der Waals surface area contributed by atoms with Crippen molar-refractivity contribution in [1.29, 1.82) is 0 Å². The molecule has 2 rings (SSSR count). The number of aromatic nitrogens is 1. The number of anilines is 1. The Bertz CT molecular complexity index is 683. The van der Waals surface area contributed by atoms with Crippen LogP contribution in [-0.2, 0) is 9.47 Å². The third kappa shape index (κ3) is 6.20. The first kappa shape index (κ1) is 19.5. The zero-order valence-electron chi connectivity index (χ0n) is 15.0. The first-order valence-corrected chi connectivity index (χ1v) is 8.59. The van der Waals surface area contributed by atoms with E-state index in [1.54, 1.807) is 12.3 Å². The Morgan fingerprint density at radius 2 is 2.32 bits per heavy atom. The van der Waals surface area contributed by atoms with Gasteiger partial charge in [-0.05, 0) is 38.5 Å². The SMILES string of the molecule is C=C(/C=C\C=C(/C)c1cc(N)ncc1Cl)NCC1COCC(C)(C)O1. The average molecular weight is 364 g/mol. The average Bonchev–Trinajstić information content (AvgIpc) is 2.54. The number of hydrogen-bond acceptors (Lipinski definition) is 5. The standard InChI is InChI=1S/C19H26ClN3O2/c1-13(16-8-18(21)23-10-17(16)20)6-5-7-14(2)22-9-15-11-24-12-19(3,4)25-15/h5-8,10,15,22H,2,9,11-12H2,1,3-4H3,(H2,21,23)/b7-5-,13-6+. The Hall–Kier alpha value is -1.82. The molecule has 1 atom stereocenters. The van der Waals surface area contributed by atoms with Gasteiger partial charge in [0.2, 0.25) is 0 Å². The minimum Gasteiger partial charge on any atom is -0.384 e. The van der Waals surface area contributed by atoms with Gasteiger partial charge < -0.3 is 20.5 Å². The predicted molar refractivity (Wildman–Crippen MR) is 103 cm³/mol. The molecule has 0 aliphatic carbocycles. The number of pyridine rings is 1. The minimum atomic E-state index is -0.243. The first-order valence-electron chi connectivity index (χ1n) is 8.21. The fraction of sp³-hybridized carbons (Fsp3) is 0.421. The van der Waals surface area contributed by atoms with E-state index >= 15 is 0 Å². The van der Waals surface area contributed by atoms with Gasteiger partial charge in [-0.1, -0.05) is 30.3 Å². The summed E-state index contributed by atoms with van der Waals surface area (Å²) in [7, 11) is 0. The lowest BCUT2D eigenvalue weighted by Crippen LogP contribution is -2.46. The summed E-state index contributed by atoms with van der Waals surface area (Å²) in [6.45, 7) is 11.9. The normalized spacial score (nSPS) is 20.6. The van der Waals surface area contributed by atoms with Crippen molar-refractivity contribution in [3.05, 3.63) is 53.4 Å². The number of ether oxygens (including phenoxy) is 2. The third-order valence-electron chi connectivity index (χ3n) is 3.74. The summed E-state index contributed by atoms with van der Waals surface area (Å²) in [6.07, 6.45) is 7.35. The Morgan fingerprint density at radius 3 is 3.04 bits per heavy atom. The lowest BCUT2D eigenvalue weighted by Gasteiger charge is -2.36. The summed E-state index contributed by atoms with van der Waals surface area (Å²) in [5.74, 6) is 0.444. The van der Waals surface area contributed by atoms with Crippen molar-refractivity contribution in [3.8, 4) is 0 Å². The summed E-state index contributed by atoms with van der Waals surface area (Å²) in [6, 6.07) is 1.76. The van der Waals surface area contributed by atoms with E-state index in [1.807, 2.05) is 39.0 Å². The van der Waals surface area contributed by atoms with Crippen LogP contribution >= 0.6 is 11.6 Å². The zero-order valence-corrected chi connectivity index (χ0v) is 15.8. The number of allylic oxidation sites excluding steroid dienone is 4. The highest BCUT2D eigenvalue weighted by molar-refractivity contribution is 6.32. The van der Waals surface area contributed by atoms with Gasteiger partial charge in [0.25, 0.3) is 0 Å². The van der Waals surface area contributed by atoms with Gasteiger partial charge in [0.15, 0.2) is 0 Å². The molecular weight excluding hydrogens is 338 g/mol. The van der Waals surface area contributed by atoms with E-state index < -0.39 is 0 Å². The van der Waals surface area contributed by atoms with Crippen LogP contribution in [-0.4, -0.2) is 36.4 Å². The highest BCUT2D eigenvalue weighted by atomic mass is 35.5. The van der Waals surface area contributed by atoms with Crippen LogP contribution in [0.2, 0.25) is 5.02 Å². The number of nitrogens with zero attached hydrogens (tertiary/aromatic N) is 1. The molecule has 3 N–H and O–H groups in total. The van der Waals surface area contributed by atoms with E-state index in [-0.39, 0.29) is 11.7 Å². The van der Waals surface area contributed by atoms with Crippen LogP contribution in [0.5, 0.6) is 0 Å². The Balaban J connectivity index is 1.86. The lowest BCUT2D eigenvalue weighted by atomic mass is 10.1. The fourth-order valence-electron chi connectivity index (χ4n) is 2.52. The van der Waals surface area contributed by atoms with Crippen LogP contribution in [0.15, 0.2) is 42.8 Å². The maximum atomic E-state index is 6.15. The van der Waals surface area contributed by atoms with Crippen LogP contribution in [0.25, 0.3) is 5.57 Å². The number of rotatable bonds is 6. The lowest BCUT2D eigenvalue weighted by molar-refractivity contribution is -0.179. The van der Waals surface area contributed by atoms with Gasteiger partial charge in [-0.25, -0.2) is 4.98 Å². The second-order valence-corrected chi connectivity index (χ2v) is 7.13. The maximum Gasteiger partial charge on any atom is 0.123 e. The van der Waals surface area contributed by atoms with Crippen molar-refractivity contribution in [2.24, 2.45) is 0 Å². The van der Waals surface area contributed by atoms with Crippen LogP contribution < -0.4 is 11.1 Å². The summed E-state index contributed by atoms with van der Waals surface area (Å²) < 4.78 is 11.5. The molecule has 0 saturated carbocycles.